The summed E-state index contributed by atoms with van der Waals surface area (Å²) < 4.78 is 16.1. The van der Waals surface area contributed by atoms with E-state index in [0.29, 0.717) is 17.2 Å². The number of fused-ring (bicyclic) bond motifs is 1. The lowest BCUT2D eigenvalue weighted by Gasteiger charge is -2.25. The van der Waals surface area contributed by atoms with Gasteiger partial charge < -0.3 is 14.8 Å². The van der Waals surface area contributed by atoms with Crippen molar-refractivity contribution in [2.45, 2.75) is 20.0 Å². The molecule has 0 bridgehead atoms. The van der Waals surface area contributed by atoms with Crippen LogP contribution in [0.1, 0.15) is 11.1 Å². The summed E-state index contributed by atoms with van der Waals surface area (Å²) in [6.07, 6.45) is -0.783. The molecule has 0 fully saturated rings. The number of ether oxygens (including phenoxy) is 2. The van der Waals surface area contributed by atoms with Crippen LogP contribution < -0.4 is 14.8 Å². The molecule has 1 aliphatic heterocycles. The van der Waals surface area contributed by atoms with E-state index >= 15 is 0 Å². The first-order chi connectivity index (χ1) is 12.6. The third-order valence-electron chi connectivity index (χ3n) is 4.31. The Morgan fingerprint density at radius 1 is 1.08 bits per heavy atom. The first-order valence-corrected chi connectivity index (χ1v) is 8.21. The van der Waals surface area contributed by atoms with Crippen LogP contribution in [-0.4, -0.2) is 28.9 Å². The molecule has 1 N–H and O–H groups in total. The van der Waals surface area contributed by atoms with Crippen LogP contribution in [0.3, 0.4) is 0 Å². The second-order valence-corrected chi connectivity index (χ2v) is 6.11. The molecule has 1 atom stereocenters. The summed E-state index contributed by atoms with van der Waals surface area (Å²) in [6.45, 7) is 4.16. The smallest absolute Gasteiger partial charge is 0.270 e. The Labute approximate surface area is 149 Å². The number of hydrogen-bond donors (Lipinski definition) is 1. The number of aromatic nitrogens is 2. The van der Waals surface area contributed by atoms with Gasteiger partial charge in [-0.15, -0.1) is 0 Å². The van der Waals surface area contributed by atoms with E-state index in [4.69, 9.17) is 14.1 Å². The highest BCUT2D eigenvalue weighted by Crippen LogP contribution is 2.31. The van der Waals surface area contributed by atoms with Gasteiger partial charge in [0, 0.05) is 5.56 Å². The number of para-hydroxylation sites is 2. The van der Waals surface area contributed by atoms with Crippen molar-refractivity contribution in [3.05, 3.63) is 53.6 Å². The summed E-state index contributed by atoms with van der Waals surface area (Å²) in [5.41, 5.74) is 3.57. The number of hydrogen-bond acceptors (Lipinski definition) is 6. The Kier molecular flexibility index (Phi) is 4.04. The second kappa shape index (κ2) is 6.51. The molecule has 0 radical (unpaired) electrons. The van der Waals surface area contributed by atoms with E-state index in [1.807, 2.05) is 44.2 Å². The van der Waals surface area contributed by atoms with E-state index in [-0.39, 0.29) is 18.3 Å². The lowest BCUT2D eigenvalue weighted by atomic mass is 10.0. The number of rotatable bonds is 3. The topological polar surface area (TPSA) is 86.5 Å². The van der Waals surface area contributed by atoms with Crippen LogP contribution in [0.15, 0.2) is 47.1 Å². The summed E-state index contributed by atoms with van der Waals surface area (Å²) >= 11 is 0. The summed E-state index contributed by atoms with van der Waals surface area (Å²) in [5.74, 6) is 1.03. The maximum Gasteiger partial charge on any atom is 0.270 e. The summed E-state index contributed by atoms with van der Waals surface area (Å²) in [4.78, 5) is 12.6. The van der Waals surface area contributed by atoms with Gasteiger partial charge >= 0.3 is 0 Å². The predicted octanol–water partition coefficient (Wildman–Crippen LogP) is 3.13. The van der Waals surface area contributed by atoms with E-state index in [2.05, 4.69) is 15.6 Å². The summed E-state index contributed by atoms with van der Waals surface area (Å²) in [7, 11) is 0. The van der Waals surface area contributed by atoms with E-state index < -0.39 is 6.10 Å². The molecule has 0 aliphatic carbocycles. The predicted molar refractivity (Wildman–Crippen MR) is 94.2 cm³/mol. The number of carbonyl (C=O) groups excluding carboxylic acids is 1. The third kappa shape index (κ3) is 2.99. The molecule has 132 valence electrons. The fraction of sp³-hybridized carbons (Fsp3) is 0.211. The monoisotopic (exact) mass is 351 g/mol. The second-order valence-electron chi connectivity index (χ2n) is 6.11. The maximum absolute atomic E-state index is 12.6. The first kappa shape index (κ1) is 16.1. The van der Waals surface area contributed by atoms with Crippen molar-refractivity contribution >= 4 is 11.7 Å². The number of nitrogens with zero attached hydrogens (tertiary/aromatic N) is 2. The van der Waals surface area contributed by atoms with Crippen molar-refractivity contribution in [2.24, 2.45) is 0 Å². The van der Waals surface area contributed by atoms with Gasteiger partial charge in [-0.3, -0.25) is 4.79 Å². The average Bonchev–Trinajstić information content (AvgIpc) is 3.11. The molecule has 2 heterocycles. The fourth-order valence-corrected chi connectivity index (χ4v) is 2.69. The van der Waals surface area contributed by atoms with Crippen molar-refractivity contribution < 1.29 is 18.9 Å². The van der Waals surface area contributed by atoms with Crippen LogP contribution >= 0.6 is 0 Å². The average molecular weight is 351 g/mol. The number of anilines is 1. The van der Waals surface area contributed by atoms with Gasteiger partial charge in [-0.05, 0) is 53.5 Å². The molecule has 2 aromatic carbocycles. The van der Waals surface area contributed by atoms with Gasteiger partial charge in [0.1, 0.15) is 6.61 Å². The Morgan fingerprint density at radius 3 is 2.69 bits per heavy atom. The van der Waals surface area contributed by atoms with E-state index in [1.165, 1.54) is 5.56 Å². The molecule has 1 amide bonds. The lowest BCUT2D eigenvalue weighted by molar-refractivity contribution is -0.125. The Hall–Kier alpha value is -3.35. The Balaban J connectivity index is 1.53. The number of aryl methyl sites for hydroxylation is 2. The van der Waals surface area contributed by atoms with Crippen LogP contribution in [0.5, 0.6) is 11.5 Å². The molecule has 0 saturated carbocycles. The van der Waals surface area contributed by atoms with Gasteiger partial charge in [-0.1, -0.05) is 24.3 Å². The van der Waals surface area contributed by atoms with Crippen molar-refractivity contribution in [1.29, 1.82) is 0 Å². The molecular formula is C19H17N3O4. The molecule has 7 nitrogen and oxygen atoms in total. The molecule has 0 unspecified atom stereocenters. The molecule has 26 heavy (non-hydrogen) atoms. The van der Waals surface area contributed by atoms with Gasteiger partial charge in [0.25, 0.3) is 5.91 Å². The highest BCUT2D eigenvalue weighted by molar-refractivity contribution is 5.96. The van der Waals surface area contributed by atoms with Gasteiger partial charge in [0.05, 0.1) is 0 Å². The van der Waals surface area contributed by atoms with Gasteiger partial charge in [0.15, 0.2) is 17.2 Å². The molecule has 0 saturated heterocycles. The van der Waals surface area contributed by atoms with Gasteiger partial charge in [-0.2, -0.15) is 0 Å². The van der Waals surface area contributed by atoms with Crippen LogP contribution in [-0.2, 0) is 4.79 Å². The minimum Gasteiger partial charge on any atom is -0.485 e. The van der Waals surface area contributed by atoms with E-state index in [9.17, 15) is 4.79 Å². The molecular weight excluding hydrogens is 334 g/mol. The summed E-state index contributed by atoms with van der Waals surface area (Å²) in [5, 5.41) is 10.4. The standard InChI is InChI=1S/C19H17N3O4/c1-11-7-8-13(9-12(11)2)17-18(22-26-21-17)20-19(23)16-10-24-14-5-3-4-6-15(14)25-16/h3-9,16H,10H2,1-2H3,(H,20,22,23)/t16-/m0/s1. The normalized spacial score (nSPS) is 15.5. The molecule has 3 aromatic rings. The lowest BCUT2D eigenvalue weighted by Crippen LogP contribution is -2.40. The molecule has 7 heteroatoms. The zero-order valence-corrected chi connectivity index (χ0v) is 14.4. The molecule has 1 aromatic heterocycles. The largest absolute Gasteiger partial charge is 0.485 e. The van der Waals surface area contributed by atoms with Gasteiger partial charge in [0.2, 0.25) is 11.9 Å². The number of amides is 1. The molecule has 0 spiro atoms. The summed E-state index contributed by atoms with van der Waals surface area (Å²) in [6, 6.07) is 13.1. The van der Waals surface area contributed by atoms with E-state index in [1.54, 1.807) is 12.1 Å². The van der Waals surface area contributed by atoms with Crippen LogP contribution in [0, 0.1) is 13.8 Å². The molecule has 1 aliphatic rings. The van der Waals surface area contributed by atoms with Crippen molar-refractivity contribution in [3.63, 3.8) is 0 Å². The van der Waals surface area contributed by atoms with Crippen LogP contribution in [0.2, 0.25) is 0 Å². The van der Waals surface area contributed by atoms with Crippen LogP contribution in [0.4, 0.5) is 5.82 Å². The Morgan fingerprint density at radius 2 is 1.88 bits per heavy atom. The minimum absolute atomic E-state index is 0.118. The number of nitrogens with one attached hydrogen (secondary N) is 1. The SMILES string of the molecule is Cc1ccc(-c2nonc2NC(=O)[C@@H]2COc3ccccc3O2)cc1C. The maximum atomic E-state index is 12.6. The van der Waals surface area contributed by atoms with Crippen LogP contribution in [0.25, 0.3) is 11.3 Å². The number of carbonyl (C=O) groups is 1. The van der Waals surface area contributed by atoms with Crippen molar-refractivity contribution in [2.75, 3.05) is 11.9 Å². The zero-order chi connectivity index (χ0) is 18.1. The van der Waals surface area contributed by atoms with E-state index in [0.717, 1.165) is 11.1 Å². The number of benzene rings is 2. The molecule has 4 rings (SSSR count). The quantitative estimate of drug-likeness (QED) is 0.780. The van der Waals surface area contributed by atoms with Crippen molar-refractivity contribution in [1.82, 2.24) is 10.3 Å². The van der Waals surface area contributed by atoms with Gasteiger partial charge in [-0.25, -0.2) is 4.63 Å². The zero-order valence-electron chi connectivity index (χ0n) is 14.4. The minimum atomic E-state index is -0.783. The first-order valence-electron chi connectivity index (χ1n) is 8.21. The highest BCUT2D eigenvalue weighted by atomic mass is 16.6. The third-order valence-corrected chi connectivity index (χ3v) is 4.31. The Bertz CT molecular complexity index is 967. The van der Waals surface area contributed by atoms with Crippen molar-refractivity contribution in [3.8, 4) is 22.8 Å². The highest BCUT2D eigenvalue weighted by Gasteiger charge is 2.29. The fourth-order valence-electron chi connectivity index (χ4n) is 2.69.